The Bertz CT molecular complexity index is 500. The second-order valence-electron chi connectivity index (χ2n) is 4.18. The molecule has 0 fully saturated rings. The van der Waals surface area contributed by atoms with Crippen LogP contribution in [0.15, 0.2) is 36.7 Å². The summed E-state index contributed by atoms with van der Waals surface area (Å²) >= 11 is 0. The lowest BCUT2D eigenvalue weighted by atomic mass is 10.1. The SMILES string of the molecule is CCC(CC)N(C=O)c1ccn2ccccc12. The topological polar surface area (TPSA) is 24.7 Å². The van der Waals surface area contributed by atoms with Crippen molar-refractivity contribution in [1.29, 1.82) is 0 Å². The third-order valence-electron chi connectivity index (χ3n) is 3.27. The summed E-state index contributed by atoms with van der Waals surface area (Å²) in [6.07, 6.45) is 6.87. The number of hydrogen-bond donors (Lipinski definition) is 0. The lowest BCUT2D eigenvalue weighted by Gasteiger charge is -2.25. The van der Waals surface area contributed by atoms with Gasteiger partial charge in [-0.05, 0) is 31.0 Å². The first kappa shape index (κ1) is 11.7. The highest BCUT2D eigenvalue weighted by Crippen LogP contribution is 2.25. The lowest BCUT2D eigenvalue weighted by molar-refractivity contribution is -0.107. The van der Waals surface area contributed by atoms with E-state index in [9.17, 15) is 4.79 Å². The Morgan fingerprint density at radius 3 is 2.65 bits per heavy atom. The van der Waals surface area contributed by atoms with Crippen LogP contribution in [0.4, 0.5) is 5.69 Å². The van der Waals surface area contributed by atoms with Gasteiger partial charge in [-0.3, -0.25) is 4.79 Å². The molecular weight excluding hydrogens is 212 g/mol. The Balaban J connectivity index is 2.46. The Labute approximate surface area is 102 Å². The van der Waals surface area contributed by atoms with Crippen molar-refractivity contribution in [3.05, 3.63) is 36.7 Å². The maximum Gasteiger partial charge on any atom is 0.214 e. The van der Waals surface area contributed by atoms with E-state index < -0.39 is 0 Å². The van der Waals surface area contributed by atoms with Crippen molar-refractivity contribution in [2.45, 2.75) is 32.7 Å². The van der Waals surface area contributed by atoms with Crippen molar-refractivity contribution in [3.8, 4) is 0 Å². The second kappa shape index (κ2) is 5.04. The molecule has 2 rings (SSSR count). The molecule has 0 atom stereocenters. The molecule has 3 nitrogen and oxygen atoms in total. The van der Waals surface area contributed by atoms with E-state index in [0.29, 0.717) is 0 Å². The van der Waals surface area contributed by atoms with E-state index in [1.807, 2.05) is 46.0 Å². The summed E-state index contributed by atoms with van der Waals surface area (Å²) in [4.78, 5) is 13.2. The van der Waals surface area contributed by atoms with Crippen LogP contribution in [0.2, 0.25) is 0 Å². The fourth-order valence-corrected chi connectivity index (χ4v) is 2.28. The minimum Gasteiger partial charge on any atom is -0.322 e. The molecule has 0 bridgehead atoms. The second-order valence-corrected chi connectivity index (χ2v) is 4.18. The number of rotatable bonds is 5. The summed E-state index contributed by atoms with van der Waals surface area (Å²) in [5.41, 5.74) is 2.07. The fraction of sp³-hybridized carbons (Fsp3) is 0.357. The van der Waals surface area contributed by atoms with Crippen LogP contribution in [-0.4, -0.2) is 16.9 Å². The van der Waals surface area contributed by atoms with Gasteiger partial charge in [-0.25, -0.2) is 0 Å². The molecule has 3 heteroatoms. The van der Waals surface area contributed by atoms with Crippen LogP contribution in [0.25, 0.3) is 5.52 Å². The van der Waals surface area contributed by atoms with Crippen LogP contribution in [-0.2, 0) is 4.79 Å². The molecule has 0 saturated heterocycles. The highest BCUT2D eigenvalue weighted by atomic mass is 16.1. The molecule has 2 heterocycles. The van der Waals surface area contributed by atoms with E-state index in [1.54, 1.807) is 0 Å². The van der Waals surface area contributed by atoms with Crippen molar-refractivity contribution in [3.63, 3.8) is 0 Å². The van der Waals surface area contributed by atoms with Gasteiger partial charge in [0.05, 0.1) is 11.2 Å². The molecule has 90 valence electrons. The Kier molecular flexibility index (Phi) is 3.47. The maximum absolute atomic E-state index is 11.3. The van der Waals surface area contributed by atoms with E-state index in [4.69, 9.17) is 0 Å². The Morgan fingerprint density at radius 1 is 1.24 bits per heavy atom. The summed E-state index contributed by atoms with van der Waals surface area (Å²) in [5, 5.41) is 0. The number of fused-ring (bicyclic) bond motifs is 1. The standard InChI is InChI=1S/C14H18N2O/c1-3-12(4-2)16(11-17)14-8-10-15-9-6-5-7-13(14)15/h5-12H,3-4H2,1-2H3. The average Bonchev–Trinajstić information content (AvgIpc) is 2.79. The monoisotopic (exact) mass is 230 g/mol. The predicted molar refractivity (Wildman–Crippen MR) is 70.3 cm³/mol. The molecule has 0 N–H and O–H groups in total. The van der Waals surface area contributed by atoms with Crippen LogP contribution in [0.3, 0.4) is 0 Å². The molecule has 1 amide bonds. The zero-order valence-electron chi connectivity index (χ0n) is 10.3. The first-order valence-corrected chi connectivity index (χ1v) is 6.11. The van der Waals surface area contributed by atoms with Crippen LogP contribution in [0.1, 0.15) is 26.7 Å². The van der Waals surface area contributed by atoms with Gasteiger partial charge in [0.1, 0.15) is 0 Å². The largest absolute Gasteiger partial charge is 0.322 e. The van der Waals surface area contributed by atoms with Gasteiger partial charge in [0, 0.05) is 18.4 Å². The van der Waals surface area contributed by atoms with Gasteiger partial charge in [0.2, 0.25) is 6.41 Å². The molecule has 0 spiro atoms. The number of nitrogens with zero attached hydrogens (tertiary/aromatic N) is 2. The van der Waals surface area contributed by atoms with Gasteiger partial charge in [-0.15, -0.1) is 0 Å². The van der Waals surface area contributed by atoms with Crippen molar-refractivity contribution >= 4 is 17.6 Å². The molecule has 2 aromatic rings. The van der Waals surface area contributed by atoms with Gasteiger partial charge in [-0.1, -0.05) is 19.9 Å². The highest BCUT2D eigenvalue weighted by molar-refractivity contribution is 5.86. The number of carbonyl (C=O) groups excluding carboxylic acids is 1. The minimum atomic E-state index is 0.277. The van der Waals surface area contributed by atoms with Gasteiger partial charge >= 0.3 is 0 Å². The van der Waals surface area contributed by atoms with E-state index in [1.165, 1.54) is 0 Å². The predicted octanol–water partition coefficient (Wildman–Crippen LogP) is 3.09. The molecule has 0 aliphatic carbocycles. The highest BCUT2D eigenvalue weighted by Gasteiger charge is 2.17. The molecule has 17 heavy (non-hydrogen) atoms. The maximum atomic E-state index is 11.3. The quantitative estimate of drug-likeness (QED) is 0.724. The van der Waals surface area contributed by atoms with E-state index >= 15 is 0 Å². The van der Waals surface area contributed by atoms with E-state index in [2.05, 4.69) is 13.8 Å². The van der Waals surface area contributed by atoms with Crippen LogP contribution in [0, 0.1) is 0 Å². The summed E-state index contributed by atoms with van der Waals surface area (Å²) in [6.45, 7) is 4.23. The third kappa shape index (κ3) is 2.05. The zero-order valence-corrected chi connectivity index (χ0v) is 10.3. The number of amides is 1. The van der Waals surface area contributed by atoms with Crippen molar-refractivity contribution in [2.75, 3.05) is 4.90 Å². The van der Waals surface area contributed by atoms with Gasteiger partial charge in [-0.2, -0.15) is 0 Å². The first-order chi connectivity index (χ1) is 8.31. The molecular formula is C14H18N2O. The average molecular weight is 230 g/mol. The van der Waals surface area contributed by atoms with E-state index in [-0.39, 0.29) is 6.04 Å². The van der Waals surface area contributed by atoms with Crippen molar-refractivity contribution in [1.82, 2.24) is 4.40 Å². The van der Waals surface area contributed by atoms with Crippen LogP contribution >= 0.6 is 0 Å². The number of aromatic nitrogens is 1. The summed E-state index contributed by atoms with van der Waals surface area (Å²) < 4.78 is 2.04. The molecule has 0 unspecified atom stereocenters. The zero-order chi connectivity index (χ0) is 12.3. The molecule has 2 aromatic heterocycles. The molecule has 0 aliphatic heterocycles. The van der Waals surface area contributed by atoms with Crippen LogP contribution < -0.4 is 4.90 Å². The Hall–Kier alpha value is -1.77. The molecule has 0 radical (unpaired) electrons. The summed E-state index contributed by atoms with van der Waals surface area (Å²) in [7, 11) is 0. The first-order valence-electron chi connectivity index (χ1n) is 6.11. The molecule has 0 aromatic carbocycles. The lowest BCUT2D eigenvalue weighted by Crippen LogP contribution is -2.32. The normalized spacial score (nSPS) is 11.0. The smallest absolute Gasteiger partial charge is 0.214 e. The van der Waals surface area contributed by atoms with Crippen molar-refractivity contribution in [2.24, 2.45) is 0 Å². The van der Waals surface area contributed by atoms with E-state index in [0.717, 1.165) is 30.5 Å². The summed E-state index contributed by atoms with van der Waals surface area (Å²) in [5.74, 6) is 0. The summed E-state index contributed by atoms with van der Waals surface area (Å²) in [6, 6.07) is 8.29. The number of hydrogen-bond acceptors (Lipinski definition) is 1. The van der Waals surface area contributed by atoms with Crippen LogP contribution in [0.5, 0.6) is 0 Å². The molecule has 0 aliphatic rings. The molecule has 0 saturated carbocycles. The third-order valence-corrected chi connectivity index (χ3v) is 3.27. The fourth-order valence-electron chi connectivity index (χ4n) is 2.28. The number of anilines is 1. The van der Waals surface area contributed by atoms with Crippen molar-refractivity contribution < 1.29 is 4.79 Å². The Morgan fingerprint density at radius 2 is 2.00 bits per heavy atom. The number of pyridine rings is 1. The number of carbonyl (C=O) groups is 1. The van der Waals surface area contributed by atoms with Gasteiger partial charge in [0.15, 0.2) is 0 Å². The van der Waals surface area contributed by atoms with Gasteiger partial charge < -0.3 is 9.30 Å². The minimum absolute atomic E-state index is 0.277. The van der Waals surface area contributed by atoms with Gasteiger partial charge in [0.25, 0.3) is 0 Å².